The number of pyridine rings is 1. The molecule has 0 radical (unpaired) electrons. The molecule has 0 aliphatic heterocycles. The van der Waals surface area contributed by atoms with Crippen molar-refractivity contribution in [3.05, 3.63) is 78.0 Å². The van der Waals surface area contributed by atoms with E-state index in [1.165, 1.54) is 5.56 Å². The summed E-state index contributed by atoms with van der Waals surface area (Å²) in [5.74, 6) is 0.546. The monoisotopic (exact) mass is 349 g/mol. The number of carbonyl (C=O) groups is 1. The molecule has 2 heterocycles. The predicted octanol–water partition coefficient (Wildman–Crippen LogP) is 2.65. The van der Waals surface area contributed by atoms with Crippen LogP contribution in [0.1, 0.15) is 28.4 Å². The molecule has 6 heteroatoms. The van der Waals surface area contributed by atoms with Crippen molar-refractivity contribution in [2.45, 2.75) is 20.0 Å². The summed E-state index contributed by atoms with van der Waals surface area (Å²) in [4.78, 5) is 23.0. The molecular formula is C20H23N5O. The molecule has 0 atom stereocenters. The quantitative estimate of drug-likeness (QED) is 0.712. The Morgan fingerprint density at radius 3 is 2.81 bits per heavy atom. The number of hydrogen-bond donors (Lipinski definition) is 1. The third kappa shape index (κ3) is 4.55. The van der Waals surface area contributed by atoms with Crippen molar-refractivity contribution in [2.75, 3.05) is 13.6 Å². The highest BCUT2D eigenvalue weighted by atomic mass is 16.1. The lowest BCUT2D eigenvalue weighted by Crippen LogP contribution is -2.23. The zero-order valence-corrected chi connectivity index (χ0v) is 15.1. The summed E-state index contributed by atoms with van der Waals surface area (Å²) in [5.41, 5.74) is 2.90. The van der Waals surface area contributed by atoms with Gasteiger partial charge in [0.25, 0.3) is 5.91 Å². The fourth-order valence-corrected chi connectivity index (χ4v) is 2.64. The highest BCUT2D eigenvalue weighted by Crippen LogP contribution is 2.10. The third-order valence-corrected chi connectivity index (χ3v) is 4.21. The number of amides is 1. The van der Waals surface area contributed by atoms with Crippen LogP contribution >= 0.6 is 0 Å². The van der Waals surface area contributed by atoms with E-state index in [1.807, 2.05) is 12.1 Å². The maximum atomic E-state index is 12.5. The number of imidazole rings is 1. The molecule has 0 unspecified atom stereocenters. The molecule has 2 aromatic heterocycles. The molecule has 0 spiro atoms. The third-order valence-electron chi connectivity index (χ3n) is 4.21. The van der Waals surface area contributed by atoms with Gasteiger partial charge >= 0.3 is 0 Å². The highest BCUT2D eigenvalue weighted by molar-refractivity contribution is 5.94. The van der Waals surface area contributed by atoms with Crippen LogP contribution in [0.5, 0.6) is 0 Å². The molecule has 1 N–H and O–H groups in total. The Hall–Kier alpha value is -2.99. The van der Waals surface area contributed by atoms with Crippen LogP contribution in [-0.2, 0) is 13.1 Å². The molecule has 3 aromatic rings. The average molecular weight is 349 g/mol. The molecule has 0 aliphatic rings. The van der Waals surface area contributed by atoms with Crippen molar-refractivity contribution in [1.29, 1.82) is 0 Å². The van der Waals surface area contributed by atoms with Gasteiger partial charge in [-0.25, -0.2) is 9.97 Å². The minimum absolute atomic E-state index is 0.121. The van der Waals surface area contributed by atoms with Crippen LogP contribution in [0.3, 0.4) is 0 Å². The average Bonchev–Trinajstić information content (AvgIpc) is 3.21. The minimum Gasteiger partial charge on any atom is -0.348 e. The van der Waals surface area contributed by atoms with Gasteiger partial charge in [-0.15, -0.1) is 0 Å². The second kappa shape index (κ2) is 8.40. The number of nitrogens with one attached hydrogen (secondary N) is 1. The van der Waals surface area contributed by atoms with Crippen LogP contribution < -0.4 is 5.32 Å². The molecule has 1 amide bonds. The van der Waals surface area contributed by atoms with Gasteiger partial charge in [-0.3, -0.25) is 9.36 Å². The second-order valence-corrected chi connectivity index (χ2v) is 6.21. The van der Waals surface area contributed by atoms with Crippen molar-refractivity contribution < 1.29 is 4.79 Å². The molecule has 134 valence electrons. The summed E-state index contributed by atoms with van der Waals surface area (Å²) < 4.78 is 1.77. The number of hydrogen-bond acceptors (Lipinski definition) is 4. The fourth-order valence-electron chi connectivity index (χ4n) is 2.64. The molecule has 0 bridgehead atoms. The largest absolute Gasteiger partial charge is 0.348 e. The van der Waals surface area contributed by atoms with Crippen LogP contribution in [-0.4, -0.2) is 38.9 Å². The predicted molar refractivity (Wildman–Crippen MR) is 101 cm³/mol. The molecule has 26 heavy (non-hydrogen) atoms. The summed E-state index contributed by atoms with van der Waals surface area (Å²) in [6.45, 7) is 4.53. The Kier molecular flexibility index (Phi) is 5.76. The van der Waals surface area contributed by atoms with Crippen molar-refractivity contribution >= 4 is 5.91 Å². The highest BCUT2D eigenvalue weighted by Gasteiger charge is 2.08. The Balaban J connectivity index is 1.64. The zero-order chi connectivity index (χ0) is 18.4. The van der Waals surface area contributed by atoms with E-state index in [9.17, 15) is 4.79 Å². The first-order chi connectivity index (χ1) is 12.7. The van der Waals surface area contributed by atoms with E-state index in [1.54, 1.807) is 41.6 Å². The summed E-state index contributed by atoms with van der Waals surface area (Å²) in [7, 11) is 2.09. The summed E-state index contributed by atoms with van der Waals surface area (Å²) in [5, 5.41) is 2.98. The molecular weight excluding hydrogens is 326 g/mol. The van der Waals surface area contributed by atoms with E-state index < -0.39 is 0 Å². The number of benzene rings is 1. The number of aromatic nitrogens is 3. The van der Waals surface area contributed by atoms with Gasteiger partial charge in [0.1, 0.15) is 12.1 Å². The standard InChI is InChI=1S/C20H23N5O/c1-3-24(2)14-17-6-4-5-16(11-17)13-23-20(26)18-7-8-22-19(12-18)25-10-9-21-15-25/h4-12,15H,3,13-14H2,1-2H3,(H,23,26). The van der Waals surface area contributed by atoms with E-state index in [2.05, 4.69) is 46.3 Å². The summed E-state index contributed by atoms with van der Waals surface area (Å²) in [6.07, 6.45) is 6.76. The lowest BCUT2D eigenvalue weighted by molar-refractivity contribution is 0.0950. The van der Waals surface area contributed by atoms with E-state index in [0.29, 0.717) is 17.9 Å². The lowest BCUT2D eigenvalue weighted by atomic mass is 10.1. The van der Waals surface area contributed by atoms with Crippen LogP contribution in [0, 0.1) is 0 Å². The molecule has 0 aliphatic carbocycles. The van der Waals surface area contributed by atoms with Crippen molar-refractivity contribution in [3.63, 3.8) is 0 Å². The Bertz CT molecular complexity index is 860. The number of nitrogens with zero attached hydrogens (tertiary/aromatic N) is 4. The van der Waals surface area contributed by atoms with Gasteiger partial charge in [0.05, 0.1) is 0 Å². The SMILES string of the molecule is CCN(C)Cc1cccc(CNC(=O)c2ccnc(-n3ccnc3)c2)c1. The Labute approximate surface area is 153 Å². The first kappa shape index (κ1) is 17.8. The maximum absolute atomic E-state index is 12.5. The number of rotatable bonds is 7. The van der Waals surface area contributed by atoms with Crippen LogP contribution in [0.25, 0.3) is 5.82 Å². The first-order valence-electron chi connectivity index (χ1n) is 8.64. The molecule has 1 aromatic carbocycles. The van der Waals surface area contributed by atoms with Crippen LogP contribution in [0.15, 0.2) is 61.3 Å². The maximum Gasteiger partial charge on any atom is 0.251 e. The van der Waals surface area contributed by atoms with Gasteiger partial charge in [-0.05, 0) is 36.9 Å². The minimum atomic E-state index is -0.121. The van der Waals surface area contributed by atoms with E-state index in [0.717, 1.165) is 18.7 Å². The number of carbonyl (C=O) groups excluding carboxylic acids is 1. The van der Waals surface area contributed by atoms with Crippen LogP contribution in [0.4, 0.5) is 0 Å². The van der Waals surface area contributed by atoms with E-state index >= 15 is 0 Å². The summed E-state index contributed by atoms with van der Waals surface area (Å²) >= 11 is 0. The normalized spacial score (nSPS) is 10.9. The van der Waals surface area contributed by atoms with Crippen LogP contribution in [0.2, 0.25) is 0 Å². The van der Waals surface area contributed by atoms with Gasteiger partial charge in [-0.1, -0.05) is 31.2 Å². The fraction of sp³-hybridized carbons (Fsp3) is 0.250. The van der Waals surface area contributed by atoms with Gasteiger partial charge in [-0.2, -0.15) is 0 Å². The molecule has 6 nitrogen and oxygen atoms in total. The van der Waals surface area contributed by atoms with Gasteiger partial charge in [0, 0.05) is 37.2 Å². The molecule has 0 fully saturated rings. The van der Waals surface area contributed by atoms with E-state index in [4.69, 9.17) is 0 Å². The Morgan fingerprint density at radius 1 is 1.19 bits per heavy atom. The molecule has 0 saturated heterocycles. The molecule has 0 saturated carbocycles. The second-order valence-electron chi connectivity index (χ2n) is 6.21. The van der Waals surface area contributed by atoms with E-state index in [-0.39, 0.29) is 5.91 Å². The summed E-state index contributed by atoms with van der Waals surface area (Å²) in [6, 6.07) is 11.8. The van der Waals surface area contributed by atoms with Crippen molar-refractivity contribution in [3.8, 4) is 5.82 Å². The smallest absolute Gasteiger partial charge is 0.251 e. The van der Waals surface area contributed by atoms with Crippen molar-refractivity contribution in [2.24, 2.45) is 0 Å². The lowest BCUT2D eigenvalue weighted by Gasteiger charge is -2.14. The van der Waals surface area contributed by atoms with Gasteiger partial charge in [0.2, 0.25) is 0 Å². The zero-order valence-electron chi connectivity index (χ0n) is 15.1. The topological polar surface area (TPSA) is 63.1 Å². The first-order valence-corrected chi connectivity index (χ1v) is 8.64. The van der Waals surface area contributed by atoms with Gasteiger partial charge in [0.15, 0.2) is 0 Å². The Morgan fingerprint density at radius 2 is 2.04 bits per heavy atom. The van der Waals surface area contributed by atoms with Crippen molar-refractivity contribution in [1.82, 2.24) is 24.8 Å². The van der Waals surface area contributed by atoms with Gasteiger partial charge < -0.3 is 10.2 Å². The molecule has 3 rings (SSSR count).